The molecule has 4 N–H and O–H groups in total. The van der Waals surface area contributed by atoms with E-state index in [2.05, 4.69) is 87.7 Å². The standard InChI is InChI=1S/C65H82N12O9S/c1-44-7-4-5-8-52(44)58-42-71(41-46-33-59(84-3)62(68-40-46)73-28-31-85-32-29-73)26-27-74(58)50-37-65(38-50)19-24-72(25-20-65)48-9-11-53(55(35-48)76-23-16-49-43-86-30-6-22-75(49)61-57(76)34-47-15-21-66-60(47)69-61)63(78)70-87(82,83)51-10-12-54(56(36-51)77(80)81)67-39-45-13-17-64(2,79)18-14-45/h4-5,7-12,15,21,33-36,40,45,49-50,58,67,79H,6,13-14,16-20,22-32,37-39,41-43H2,1-3H3,(H,66,69)(H,70,78)/t45?,49-,58+,64?/m1/s1. The van der Waals surface area contributed by atoms with Crippen LogP contribution in [0.25, 0.3) is 11.0 Å². The van der Waals surface area contributed by atoms with E-state index < -0.39 is 37.0 Å². The van der Waals surface area contributed by atoms with Gasteiger partial charge in [0, 0.05) is 120 Å². The molecule has 3 aromatic carbocycles. The molecule has 21 nitrogen and oxygen atoms in total. The van der Waals surface area contributed by atoms with Gasteiger partial charge < -0.3 is 49.2 Å². The Kier molecular flexibility index (Phi) is 16.6. The lowest BCUT2D eigenvalue weighted by Crippen LogP contribution is -2.59. The molecule has 6 fully saturated rings. The molecule has 8 heterocycles. The number of aromatic nitrogens is 3. The van der Waals surface area contributed by atoms with Gasteiger partial charge in [0.1, 0.15) is 11.3 Å². The van der Waals surface area contributed by atoms with Crippen LogP contribution in [0.15, 0.2) is 96.2 Å². The zero-order chi connectivity index (χ0) is 60.0. The molecule has 6 aromatic rings. The molecular formula is C65H82N12O9S. The van der Waals surface area contributed by atoms with Gasteiger partial charge in [-0.05, 0) is 155 Å². The minimum atomic E-state index is -4.63. The third-order valence-corrected chi connectivity index (χ3v) is 21.4. The second-order valence-electron chi connectivity index (χ2n) is 25.7. The van der Waals surface area contributed by atoms with Crippen LogP contribution in [-0.2, 0) is 26.0 Å². The van der Waals surface area contributed by atoms with Crippen molar-refractivity contribution in [1.82, 2.24) is 29.5 Å². The summed E-state index contributed by atoms with van der Waals surface area (Å²) < 4.78 is 48.7. The maximum Gasteiger partial charge on any atom is 0.293 e. The van der Waals surface area contributed by atoms with Crippen molar-refractivity contribution in [1.29, 1.82) is 0 Å². The van der Waals surface area contributed by atoms with E-state index in [4.69, 9.17) is 24.2 Å². The van der Waals surface area contributed by atoms with Crippen molar-refractivity contribution in [2.75, 3.05) is 124 Å². The Morgan fingerprint density at radius 3 is 2.45 bits per heavy atom. The van der Waals surface area contributed by atoms with Crippen molar-refractivity contribution in [3.63, 3.8) is 0 Å². The normalized spacial score (nSPS) is 24.0. The Hall–Kier alpha value is -7.08. The first-order valence-corrected chi connectivity index (χ1v) is 32.8. The fourth-order valence-corrected chi connectivity index (χ4v) is 15.9. The van der Waals surface area contributed by atoms with Crippen molar-refractivity contribution in [3.05, 3.63) is 124 Å². The van der Waals surface area contributed by atoms with E-state index in [-0.39, 0.29) is 34.7 Å². The number of nitrogens with one attached hydrogen (secondary N) is 3. The molecular weight excluding hydrogens is 1120 g/mol. The number of anilines is 6. The smallest absolute Gasteiger partial charge is 0.293 e. The van der Waals surface area contributed by atoms with Crippen molar-refractivity contribution in [3.8, 4) is 5.75 Å². The van der Waals surface area contributed by atoms with Gasteiger partial charge in [0.05, 0.1) is 65.3 Å². The molecule has 5 aliphatic heterocycles. The van der Waals surface area contributed by atoms with E-state index >= 15 is 0 Å². The number of morpholine rings is 1. The second-order valence-corrected chi connectivity index (χ2v) is 27.4. The molecule has 13 rings (SSSR count). The Balaban J connectivity index is 0.741. The minimum Gasteiger partial charge on any atom is -0.493 e. The van der Waals surface area contributed by atoms with Crippen molar-refractivity contribution in [2.45, 2.75) is 113 Å². The highest BCUT2D eigenvalue weighted by Crippen LogP contribution is 2.54. The molecule has 0 unspecified atom stereocenters. The molecule has 1 spiro atoms. The Morgan fingerprint density at radius 2 is 1.67 bits per heavy atom. The molecule has 3 aromatic heterocycles. The number of fused-ring (bicyclic) bond motifs is 4. The summed E-state index contributed by atoms with van der Waals surface area (Å²) in [7, 11) is -2.90. The van der Waals surface area contributed by atoms with Crippen LogP contribution in [0.1, 0.15) is 104 Å². The van der Waals surface area contributed by atoms with Gasteiger partial charge >= 0.3 is 0 Å². The number of piperazine rings is 1. The number of nitro groups is 1. The molecule has 22 heteroatoms. The SMILES string of the molecule is COc1cc(CN2CCN(C3CC4(CCN(c5ccc(C(=O)NS(=O)(=O)c6ccc(NCC7CCC(C)(O)CC7)c([N+](=O)[O-])c6)c(N6CC[C@@H]7COCCCN7c7nc8[nH]ccc8cc76)c5)CC4)C3)[C@H](c3ccccc3C)C2)cnc1N1CCOCC1. The summed E-state index contributed by atoms with van der Waals surface area (Å²) in [6, 6.07) is 25.2. The summed E-state index contributed by atoms with van der Waals surface area (Å²) in [6.45, 7) is 15.1. The number of rotatable bonds is 15. The average Bonchev–Trinajstić information content (AvgIpc) is 1.64. The van der Waals surface area contributed by atoms with Gasteiger partial charge in [-0.25, -0.2) is 23.1 Å². The maximum absolute atomic E-state index is 14.9. The van der Waals surface area contributed by atoms with Gasteiger partial charge in [-0.2, -0.15) is 0 Å². The Bertz CT molecular complexity index is 3610. The first-order chi connectivity index (χ1) is 42.1. The molecule has 462 valence electrons. The number of aryl methyl sites for hydroxylation is 1. The van der Waals surface area contributed by atoms with Gasteiger partial charge in [0.2, 0.25) is 0 Å². The number of hydrogen-bond donors (Lipinski definition) is 4. The topological polar surface area (TPSA) is 227 Å². The number of pyridine rings is 2. The predicted molar refractivity (Wildman–Crippen MR) is 336 cm³/mol. The van der Waals surface area contributed by atoms with Crippen LogP contribution in [-0.4, -0.2) is 166 Å². The zero-order valence-corrected chi connectivity index (χ0v) is 51.1. The fraction of sp³-hybridized carbons (Fsp3) is 0.523. The van der Waals surface area contributed by atoms with E-state index in [1.807, 2.05) is 37.5 Å². The lowest BCUT2D eigenvalue weighted by molar-refractivity contribution is -0.384. The molecule has 1 amide bonds. The number of sulfonamides is 1. The summed E-state index contributed by atoms with van der Waals surface area (Å²) >= 11 is 0. The number of benzene rings is 3. The third-order valence-electron chi connectivity index (χ3n) is 20.0. The maximum atomic E-state index is 14.9. The van der Waals surface area contributed by atoms with E-state index in [1.165, 1.54) is 23.3 Å². The summed E-state index contributed by atoms with van der Waals surface area (Å²) in [4.78, 5) is 54.3. The number of nitrogens with zero attached hydrogens (tertiary/aromatic N) is 9. The monoisotopic (exact) mass is 1210 g/mol. The number of hydrogen-bond acceptors (Lipinski definition) is 18. The molecule has 2 saturated carbocycles. The first-order valence-electron chi connectivity index (χ1n) is 31.3. The number of nitro benzene ring substituents is 1. The molecule has 4 saturated heterocycles. The predicted octanol–water partition coefficient (Wildman–Crippen LogP) is 8.94. The van der Waals surface area contributed by atoms with Gasteiger partial charge in [-0.15, -0.1) is 0 Å². The van der Waals surface area contributed by atoms with Crippen molar-refractivity contribution in [2.24, 2.45) is 11.3 Å². The van der Waals surface area contributed by atoms with Crippen LogP contribution >= 0.6 is 0 Å². The number of ether oxygens (including phenoxy) is 3. The number of carbonyl (C=O) groups excluding carboxylic acids is 1. The number of methoxy groups -OCH3 is 1. The lowest BCUT2D eigenvalue weighted by atomic mass is 9.59. The van der Waals surface area contributed by atoms with E-state index in [1.54, 1.807) is 13.2 Å². The van der Waals surface area contributed by atoms with Crippen LogP contribution in [0.3, 0.4) is 0 Å². The Morgan fingerprint density at radius 1 is 0.862 bits per heavy atom. The molecule has 2 atom stereocenters. The summed E-state index contributed by atoms with van der Waals surface area (Å²) in [6.07, 6.45) is 12.5. The molecule has 0 bridgehead atoms. The molecule has 87 heavy (non-hydrogen) atoms. The third kappa shape index (κ3) is 12.3. The van der Waals surface area contributed by atoms with Gasteiger partial charge in [0.25, 0.3) is 21.6 Å². The fourth-order valence-electron chi connectivity index (χ4n) is 15.0. The summed E-state index contributed by atoms with van der Waals surface area (Å²) in [5, 5.41) is 27.0. The van der Waals surface area contributed by atoms with Crippen LogP contribution in [0.2, 0.25) is 0 Å². The number of carbonyl (C=O) groups is 1. The van der Waals surface area contributed by atoms with Crippen molar-refractivity contribution < 1.29 is 37.5 Å². The Labute approximate surface area is 509 Å². The second kappa shape index (κ2) is 24.5. The van der Waals surface area contributed by atoms with Crippen LogP contribution in [0, 0.1) is 28.4 Å². The highest BCUT2D eigenvalue weighted by Gasteiger charge is 2.50. The van der Waals surface area contributed by atoms with Crippen LogP contribution in [0.5, 0.6) is 5.75 Å². The summed E-state index contributed by atoms with van der Waals surface area (Å²) in [5.74, 6) is 1.78. The van der Waals surface area contributed by atoms with Gasteiger partial charge in [0.15, 0.2) is 17.4 Å². The number of H-pyrrole nitrogens is 1. The number of piperidine rings is 1. The number of aliphatic hydroxyl groups is 1. The lowest BCUT2D eigenvalue weighted by Gasteiger charge is -2.58. The number of aromatic amines is 1. The number of amides is 1. The van der Waals surface area contributed by atoms with E-state index in [0.717, 1.165) is 155 Å². The highest BCUT2D eigenvalue weighted by molar-refractivity contribution is 7.90. The highest BCUT2D eigenvalue weighted by atomic mass is 32.2. The molecule has 0 radical (unpaired) electrons. The quantitative estimate of drug-likeness (QED) is 0.0556. The van der Waals surface area contributed by atoms with Crippen LogP contribution < -0.4 is 34.4 Å². The average molecular weight is 1210 g/mol. The van der Waals surface area contributed by atoms with Gasteiger partial charge in [-0.1, -0.05) is 24.3 Å². The van der Waals surface area contributed by atoms with E-state index in [9.17, 15) is 28.4 Å². The molecule has 7 aliphatic rings. The van der Waals surface area contributed by atoms with Gasteiger partial charge in [-0.3, -0.25) is 24.7 Å². The van der Waals surface area contributed by atoms with Crippen LogP contribution in [0.4, 0.5) is 40.1 Å². The minimum absolute atomic E-state index is 0.0101. The zero-order valence-electron chi connectivity index (χ0n) is 50.3. The summed E-state index contributed by atoms with van der Waals surface area (Å²) in [5.41, 5.74) is 6.26. The van der Waals surface area contributed by atoms with Crippen molar-refractivity contribution >= 4 is 67.0 Å². The first kappa shape index (κ1) is 58.9. The van der Waals surface area contributed by atoms with E-state index in [0.29, 0.717) is 70.5 Å². The largest absolute Gasteiger partial charge is 0.493 e. The molecule has 2 aliphatic carbocycles.